The molecule has 0 aromatic heterocycles. The first-order valence-corrected chi connectivity index (χ1v) is 13.0. The fourth-order valence-electron chi connectivity index (χ4n) is 2.21. The zero-order valence-corrected chi connectivity index (χ0v) is 13.8. The molecule has 1 aromatic carbocycles. The van der Waals surface area contributed by atoms with Gasteiger partial charge in [-0.3, -0.25) is 0 Å². The lowest BCUT2D eigenvalue weighted by molar-refractivity contribution is 0.513. The Hall–Kier alpha value is -0.426. The summed E-state index contributed by atoms with van der Waals surface area (Å²) >= 11 is 0. The van der Waals surface area contributed by atoms with Gasteiger partial charge in [0, 0.05) is 0 Å². The van der Waals surface area contributed by atoms with Crippen molar-refractivity contribution in [3.63, 3.8) is 0 Å². The summed E-state index contributed by atoms with van der Waals surface area (Å²) in [7, 11) is -5.20. The van der Waals surface area contributed by atoms with E-state index in [1.54, 1.807) is 0 Å². The monoisotopic (exact) mass is 346 g/mol. The number of benzene rings is 1. The Labute approximate surface area is 142 Å². The molecule has 0 aliphatic heterocycles. The van der Waals surface area contributed by atoms with E-state index < -0.39 is 15.7 Å². The first-order valence-electron chi connectivity index (χ1n) is 6.92. The van der Waals surface area contributed by atoms with Gasteiger partial charge in [0.15, 0.2) is 0 Å². The molecule has 0 aliphatic carbocycles. The lowest BCUT2D eigenvalue weighted by Gasteiger charge is -2.34. The molecule has 2 atom stereocenters. The minimum Gasteiger partial charge on any atom is -0.431 e. The van der Waals surface area contributed by atoms with Gasteiger partial charge in [-0.05, 0) is 24.3 Å². The summed E-state index contributed by atoms with van der Waals surface area (Å²) in [5.41, 5.74) is 0. The van der Waals surface area contributed by atoms with Crippen LogP contribution in [0.2, 0.25) is 19.1 Å². The fourth-order valence-corrected chi connectivity index (χ4v) is 9.46. The Balaban J connectivity index is -0.000000405. The second kappa shape index (κ2) is 13.1. The smallest absolute Gasteiger partial charge is 0.234 e. The van der Waals surface area contributed by atoms with E-state index in [1.165, 1.54) is 19.3 Å². The van der Waals surface area contributed by atoms with Gasteiger partial charge < -0.3 is 9.59 Å². The standard InChI is InChI=1S/C14H26O2Si2.4CH4/c1-4-5-6-10-13-17(2,15)18(3,16)14-11-8-7-9-12-14;;;;/h7-9,11-12,15-16H,4-6,10,13H2,1-3H3;4*1H4. The molecule has 22 heavy (non-hydrogen) atoms. The van der Waals surface area contributed by atoms with E-state index in [4.69, 9.17) is 0 Å². The molecule has 0 saturated carbocycles. The Morgan fingerprint density at radius 1 is 0.818 bits per heavy atom. The number of rotatable bonds is 7. The predicted octanol–water partition coefficient (Wildman–Crippen LogP) is 5.23. The molecule has 0 fully saturated rings. The molecular formula is C18H42O2Si2. The molecule has 0 saturated heterocycles. The second-order valence-corrected chi connectivity index (χ2v) is 17.4. The largest absolute Gasteiger partial charge is 0.431 e. The first kappa shape index (κ1) is 29.6. The van der Waals surface area contributed by atoms with Crippen LogP contribution in [0.3, 0.4) is 0 Å². The van der Waals surface area contributed by atoms with Gasteiger partial charge in [0.2, 0.25) is 15.7 Å². The summed E-state index contributed by atoms with van der Waals surface area (Å²) in [6.45, 7) is 6.01. The molecule has 1 aromatic rings. The van der Waals surface area contributed by atoms with Gasteiger partial charge in [0.1, 0.15) is 0 Å². The van der Waals surface area contributed by atoms with Gasteiger partial charge in [-0.15, -0.1) is 0 Å². The topological polar surface area (TPSA) is 40.5 Å². The third-order valence-electron chi connectivity index (χ3n) is 3.90. The summed E-state index contributed by atoms with van der Waals surface area (Å²) < 4.78 is 0. The number of hydrogen-bond acceptors (Lipinski definition) is 2. The van der Waals surface area contributed by atoms with E-state index in [9.17, 15) is 9.59 Å². The van der Waals surface area contributed by atoms with Crippen LogP contribution in [-0.2, 0) is 0 Å². The average molecular weight is 347 g/mol. The molecule has 134 valence electrons. The Morgan fingerprint density at radius 2 is 1.32 bits per heavy atom. The minimum atomic E-state index is -2.67. The van der Waals surface area contributed by atoms with Crippen molar-refractivity contribution in [1.82, 2.24) is 0 Å². The highest BCUT2D eigenvalue weighted by Gasteiger charge is 2.48. The molecule has 0 heterocycles. The van der Waals surface area contributed by atoms with Gasteiger partial charge in [-0.1, -0.05) is 92.6 Å². The van der Waals surface area contributed by atoms with Crippen LogP contribution in [0.15, 0.2) is 30.3 Å². The molecule has 0 aliphatic rings. The maximum Gasteiger partial charge on any atom is 0.234 e. The van der Waals surface area contributed by atoms with Crippen molar-refractivity contribution < 1.29 is 9.59 Å². The van der Waals surface area contributed by atoms with Gasteiger partial charge in [0.25, 0.3) is 0 Å². The van der Waals surface area contributed by atoms with Crippen LogP contribution >= 0.6 is 0 Å². The van der Waals surface area contributed by atoms with Crippen molar-refractivity contribution in [2.45, 2.75) is 81.5 Å². The zero-order valence-electron chi connectivity index (χ0n) is 11.8. The fraction of sp³-hybridized carbons (Fsp3) is 0.667. The maximum absolute atomic E-state index is 10.8. The Kier molecular flexibility index (Phi) is 17.5. The van der Waals surface area contributed by atoms with Gasteiger partial charge in [0.05, 0.1) is 0 Å². The van der Waals surface area contributed by atoms with Crippen LogP contribution in [0, 0.1) is 0 Å². The van der Waals surface area contributed by atoms with Gasteiger partial charge in [-0.2, -0.15) is 0 Å². The number of hydrogen-bond donors (Lipinski definition) is 2. The van der Waals surface area contributed by atoms with Crippen molar-refractivity contribution in [2.75, 3.05) is 0 Å². The average Bonchev–Trinajstić information content (AvgIpc) is 2.35. The van der Waals surface area contributed by atoms with E-state index in [-0.39, 0.29) is 29.7 Å². The van der Waals surface area contributed by atoms with Crippen LogP contribution in [0.25, 0.3) is 0 Å². The van der Waals surface area contributed by atoms with E-state index in [2.05, 4.69) is 6.92 Å². The van der Waals surface area contributed by atoms with Crippen LogP contribution < -0.4 is 5.19 Å². The highest BCUT2D eigenvalue weighted by molar-refractivity contribution is 7.40. The quantitative estimate of drug-likeness (QED) is 0.524. The molecular weight excluding hydrogens is 304 g/mol. The SMILES string of the molecule is C.C.C.C.CCCCCC[Si](C)(O)[Si](C)(O)c1ccccc1. The maximum atomic E-state index is 10.8. The van der Waals surface area contributed by atoms with E-state index in [0.717, 1.165) is 17.7 Å². The third-order valence-corrected chi connectivity index (χ3v) is 16.7. The normalized spacial score (nSPS) is 14.8. The van der Waals surface area contributed by atoms with Crippen molar-refractivity contribution >= 4 is 20.9 Å². The van der Waals surface area contributed by atoms with Crippen LogP contribution in [0.4, 0.5) is 0 Å². The number of unbranched alkanes of at least 4 members (excludes halogenated alkanes) is 3. The summed E-state index contributed by atoms with van der Waals surface area (Å²) in [5.74, 6) is 0. The van der Waals surface area contributed by atoms with Crippen molar-refractivity contribution in [3.05, 3.63) is 30.3 Å². The third kappa shape index (κ3) is 7.72. The van der Waals surface area contributed by atoms with Gasteiger partial charge in [-0.25, -0.2) is 0 Å². The predicted molar refractivity (Wildman–Crippen MR) is 110 cm³/mol. The van der Waals surface area contributed by atoms with Crippen LogP contribution in [0.1, 0.15) is 62.3 Å². The van der Waals surface area contributed by atoms with Crippen molar-refractivity contribution in [3.8, 4) is 0 Å². The second-order valence-electron chi connectivity index (χ2n) is 5.52. The molecule has 2 unspecified atom stereocenters. The highest BCUT2D eigenvalue weighted by atomic mass is 29.3. The molecule has 2 N–H and O–H groups in total. The minimum absolute atomic E-state index is 0. The van der Waals surface area contributed by atoms with E-state index in [0.29, 0.717) is 0 Å². The summed E-state index contributed by atoms with van der Waals surface area (Å²) in [6.07, 6.45) is 4.64. The zero-order chi connectivity index (χ0) is 13.6. The van der Waals surface area contributed by atoms with Gasteiger partial charge >= 0.3 is 0 Å². The Bertz CT molecular complexity index is 351. The molecule has 4 heteroatoms. The lowest BCUT2D eigenvalue weighted by atomic mass is 10.2. The summed E-state index contributed by atoms with van der Waals surface area (Å²) in [4.78, 5) is 21.6. The van der Waals surface area contributed by atoms with Crippen LogP contribution in [-0.4, -0.2) is 25.3 Å². The highest BCUT2D eigenvalue weighted by Crippen LogP contribution is 2.21. The van der Waals surface area contributed by atoms with Crippen molar-refractivity contribution in [2.24, 2.45) is 0 Å². The molecule has 0 spiro atoms. The molecule has 2 nitrogen and oxygen atoms in total. The van der Waals surface area contributed by atoms with E-state index >= 15 is 0 Å². The summed E-state index contributed by atoms with van der Waals surface area (Å²) in [6, 6.07) is 10.6. The Morgan fingerprint density at radius 3 is 1.77 bits per heavy atom. The van der Waals surface area contributed by atoms with Crippen LogP contribution in [0.5, 0.6) is 0 Å². The first-order chi connectivity index (χ1) is 8.42. The van der Waals surface area contributed by atoms with E-state index in [1.807, 2.05) is 43.4 Å². The lowest BCUT2D eigenvalue weighted by Crippen LogP contribution is -2.67. The molecule has 0 bridgehead atoms. The summed E-state index contributed by atoms with van der Waals surface area (Å²) in [5, 5.41) is 0.970. The van der Waals surface area contributed by atoms with Crippen molar-refractivity contribution in [1.29, 1.82) is 0 Å². The molecule has 1 rings (SSSR count). The molecule has 0 radical (unpaired) electrons. The molecule has 0 amide bonds.